The normalized spacial score (nSPS) is 10.1. The Labute approximate surface area is 113 Å². The molecule has 0 saturated heterocycles. The molecule has 4 nitrogen and oxygen atoms in total. The number of nitrogens with zero attached hydrogens (tertiary/aromatic N) is 1. The average Bonchev–Trinajstić information content (AvgIpc) is 2.35. The summed E-state index contributed by atoms with van der Waals surface area (Å²) in [6.45, 7) is 1.93. The number of pyridine rings is 1. The van der Waals surface area contributed by atoms with Crippen LogP contribution in [-0.2, 0) is 0 Å². The van der Waals surface area contributed by atoms with Gasteiger partial charge in [0, 0.05) is 10.7 Å². The third kappa shape index (κ3) is 2.51. The van der Waals surface area contributed by atoms with Crippen LogP contribution in [0.3, 0.4) is 0 Å². The van der Waals surface area contributed by atoms with E-state index in [1.807, 2.05) is 19.1 Å². The molecule has 0 atom stereocenters. The van der Waals surface area contributed by atoms with Gasteiger partial charge in [-0.2, -0.15) is 0 Å². The molecule has 1 heterocycles. The maximum atomic E-state index is 12.0. The van der Waals surface area contributed by atoms with Crippen LogP contribution in [0, 0.1) is 6.92 Å². The zero-order valence-corrected chi connectivity index (χ0v) is 11.2. The minimum absolute atomic E-state index is 0.140. The van der Waals surface area contributed by atoms with Crippen LogP contribution in [0.25, 0.3) is 0 Å². The monoisotopic (exact) mass is 306 g/mol. The quantitative estimate of drug-likeness (QED) is 0.896. The van der Waals surface area contributed by atoms with Crippen LogP contribution in [0.2, 0.25) is 0 Å². The molecule has 0 bridgehead atoms. The van der Waals surface area contributed by atoms with Crippen molar-refractivity contribution < 1.29 is 9.90 Å². The van der Waals surface area contributed by atoms with Gasteiger partial charge in [-0.3, -0.25) is 9.78 Å². The van der Waals surface area contributed by atoms with Crippen LogP contribution in [0.5, 0.6) is 5.75 Å². The van der Waals surface area contributed by atoms with Crippen LogP contribution in [0.4, 0.5) is 5.69 Å². The number of aromatic hydroxyl groups is 1. The minimum Gasteiger partial charge on any atom is -0.505 e. The summed E-state index contributed by atoms with van der Waals surface area (Å²) < 4.78 is 0.826. The first-order chi connectivity index (χ1) is 8.59. The zero-order valence-electron chi connectivity index (χ0n) is 9.64. The second-order valence-electron chi connectivity index (χ2n) is 3.78. The standard InChI is InChI=1S/C13H11BrN2O2/c1-8-3-2-4-10(12(8)14)16-13(18)9-5-6-15-7-11(9)17/h2-7,17H,1H3,(H,16,18). The van der Waals surface area contributed by atoms with Gasteiger partial charge in [-0.15, -0.1) is 0 Å². The second-order valence-corrected chi connectivity index (χ2v) is 4.58. The van der Waals surface area contributed by atoms with Crippen LogP contribution < -0.4 is 5.32 Å². The molecule has 5 heteroatoms. The van der Waals surface area contributed by atoms with Gasteiger partial charge in [0.1, 0.15) is 5.75 Å². The topological polar surface area (TPSA) is 62.2 Å². The Hall–Kier alpha value is -1.88. The summed E-state index contributed by atoms with van der Waals surface area (Å²) in [5, 5.41) is 12.3. The number of hydrogen-bond donors (Lipinski definition) is 2. The highest BCUT2D eigenvalue weighted by atomic mass is 79.9. The van der Waals surface area contributed by atoms with Crippen molar-refractivity contribution in [3.63, 3.8) is 0 Å². The molecule has 1 amide bonds. The van der Waals surface area contributed by atoms with Gasteiger partial charge in [-0.05, 0) is 40.5 Å². The molecule has 2 N–H and O–H groups in total. The first-order valence-corrected chi connectivity index (χ1v) is 6.08. The highest BCUT2D eigenvalue weighted by Crippen LogP contribution is 2.26. The summed E-state index contributed by atoms with van der Waals surface area (Å²) in [6.07, 6.45) is 2.69. The van der Waals surface area contributed by atoms with E-state index in [2.05, 4.69) is 26.2 Å². The Bertz CT molecular complexity index is 599. The van der Waals surface area contributed by atoms with Crippen molar-refractivity contribution >= 4 is 27.5 Å². The fraction of sp³-hybridized carbons (Fsp3) is 0.0769. The SMILES string of the molecule is Cc1cccc(NC(=O)c2ccncc2O)c1Br. The maximum absolute atomic E-state index is 12.0. The number of anilines is 1. The van der Waals surface area contributed by atoms with Crippen molar-refractivity contribution in [3.8, 4) is 5.75 Å². The Morgan fingerprint density at radius 2 is 2.17 bits per heavy atom. The van der Waals surface area contributed by atoms with E-state index in [1.165, 1.54) is 18.5 Å². The molecular formula is C13H11BrN2O2. The third-order valence-electron chi connectivity index (χ3n) is 2.48. The molecule has 0 unspecified atom stereocenters. The van der Waals surface area contributed by atoms with E-state index in [0.29, 0.717) is 5.69 Å². The maximum Gasteiger partial charge on any atom is 0.259 e. The molecule has 0 spiro atoms. The number of aryl methyl sites for hydroxylation is 1. The molecule has 2 aromatic rings. The number of nitrogens with one attached hydrogen (secondary N) is 1. The Morgan fingerprint density at radius 3 is 2.89 bits per heavy atom. The molecule has 0 aliphatic rings. The number of carbonyl (C=O) groups excluding carboxylic acids is 1. The number of hydrogen-bond acceptors (Lipinski definition) is 3. The van der Waals surface area contributed by atoms with Crippen molar-refractivity contribution in [2.24, 2.45) is 0 Å². The zero-order chi connectivity index (χ0) is 13.1. The van der Waals surface area contributed by atoms with Crippen LogP contribution in [-0.4, -0.2) is 16.0 Å². The summed E-state index contributed by atoms with van der Waals surface area (Å²) in [4.78, 5) is 15.7. The highest BCUT2D eigenvalue weighted by Gasteiger charge is 2.12. The van der Waals surface area contributed by atoms with Gasteiger partial charge in [0.15, 0.2) is 0 Å². The first-order valence-electron chi connectivity index (χ1n) is 5.29. The van der Waals surface area contributed by atoms with E-state index in [4.69, 9.17) is 0 Å². The molecule has 0 saturated carbocycles. The molecule has 2 rings (SSSR count). The predicted molar refractivity (Wildman–Crippen MR) is 72.7 cm³/mol. The van der Waals surface area contributed by atoms with Crippen molar-refractivity contribution in [3.05, 3.63) is 52.3 Å². The fourth-order valence-electron chi connectivity index (χ4n) is 1.51. The van der Waals surface area contributed by atoms with Crippen molar-refractivity contribution in [2.75, 3.05) is 5.32 Å². The Balaban J connectivity index is 2.27. The second kappa shape index (κ2) is 5.18. The Kier molecular flexibility index (Phi) is 3.62. The van der Waals surface area contributed by atoms with Gasteiger partial charge in [0.05, 0.1) is 17.4 Å². The van der Waals surface area contributed by atoms with E-state index >= 15 is 0 Å². The fourth-order valence-corrected chi connectivity index (χ4v) is 1.88. The van der Waals surface area contributed by atoms with Gasteiger partial charge in [-0.25, -0.2) is 0 Å². The highest BCUT2D eigenvalue weighted by molar-refractivity contribution is 9.10. The van der Waals surface area contributed by atoms with Gasteiger partial charge in [-0.1, -0.05) is 12.1 Å². The molecule has 18 heavy (non-hydrogen) atoms. The predicted octanol–water partition coefficient (Wildman–Crippen LogP) is 3.11. The van der Waals surface area contributed by atoms with Crippen molar-refractivity contribution in [1.29, 1.82) is 0 Å². The Morgan fingerprint density at radius 1 is 1.39 bits per heavy atom. The van der Waals surface area contributed by atoms with E-state index in [1.54, 1.807) is 6.07 Å². The molecule has 0 fully saturated rings. The summed E-state index contributed by atoms with van der Waals surface area (Å²) in [7, 11) is 0. The van der Waals surface area contributed by atoms with Crippen LogP contribution >= 0.6 is 15.9 Å². The minimum atomic E-state index is -0.374. The molecule has 0 aliphatic carbocycles. The smallest absolute Gasteiger partial charge is 0.259 e. The molecule has 1 aromatic heterocycles. The van der Waals surface area contributed by atoms with Crippen LogP contribution in [0.15, 0.2) is 41.1 Å². The number of aromatic nitrogens is 1. The number of benzene rings is 1. The number of amides is 1. The first kappa shape index (κ1) is 12.6. The molecule has 0 radical (unpaired) electrons. The summed E-state index contributed by atoms with van der Waals surface area (Å²) >= 11 is 3.41. The van der Waals surface area contributed by atoms with E-state index < -0.39 is 0 Å². The largest absolute Gasteiger partial charge is 0.505 e. The number of rotatable bonds is 2. The lowest BCUT2D eigenvalue weighted by Gasteiger charge is -2.09. The summed E-state index contributed by atoms with van der Waals surface area (Å²) in [5.74, 6) is -0.514. The van der Waals surface area contributed by atoms with Crippen LogP contribution in [0.1, 0.15) is 15.9 Å². The lowest BCUT2D eigenvalue weighted by atomic mass is 10.2. The number of halogens is 1. The van der Waals surface area contributed by atoms with Gasteiger partial charge < -0.3 is 10.4 Å². The van der Waals surface area contributed by atoms with Gasteiger partial charge in [0.25, 0.3) is 5.91 Å². The number of carbonyl (C=O) groups is 1. The van der Waals surface area contributed by atoms with Crippen molar-refractivity contribution in [2.45, 2.75) is 6.92 Å². The summed E-state index contributed by atoms with van der Waals surface area (Å²) in [5.41, 5.74) is 1.88. The molecule has 92 valence electrons. The van der Waals surface area contributed by atoms with E-state index in [0.717, 1.165) is 10.0 Å². The molecular weight excluding hydrogens is 296 g/mol. The third-order valence-corrected chi connectivity index (χ3v) is 3.54. The van der Waals surface area contributed by atoms with Gasteiger partial charge >= 0.3 is 0 Å². The van der Waals surface area contributed by atoms with Crippen molar-refractivity contribution in [1.82, 2.24) is 4.98 Å². The van der Waals surface area contributed by atoms with E-state index in [9.17, 15) is 9.90 Å². The molecule has 1 aromatic carbocycles. The van der Waals surface area contributed by atoms with Gasteiger partial charge in [0.2, 0.25) is 0 Å². The molecule has 0 aliphatic heterocycles. The lowest BCUT2D eigenvalue weighted by Crippen LogP contribution is -2.12. The van der Waals surface area contributed by atoms with E-state index in [-0.39, 0.29) is 17.2 Å². The average molecular weight is 307 g/mol. The summed E-state index contributed by atoms with van der Waals surface area (Å²) in [6, 6.07) is 7.04. The lowest BCUT2D eigenvalue weighted by molar-refractivity contribution is 0.102.